The molecule has 1 N–H and O–H groups in total. The van der Waals surface area contributed by atoms with Gasteiger partial charge in [0.25, 0.3) is 0 Å². The number of alkyl halides is 3. The second kappa shape index (κ2) is 3.56. The summed E-state index contributed by atoms with van der Waals surface area (Å²) in [6, 6.07) is 3.08. The number of aromatic nitrogens is 4. The van der Waals surface area contributed by atoms with Crippen LogP contribution in [0, 0.1) is 6.92 Å². The van der Waals surface area contributed by atoms with E-state index in [2.05, 4.69) is 15.1 Å². The Morgan fingerprint density at radius 1 is 1.32 bits per heavy atom. The summed E-state index contributed by atoms with van der Waals surface area (Å²) in [5.74, 6) is 0.315. The van der Waals surface area contributed by atoms with E-state index in [1.165, 1.54) is 6.07 Å². The number of hydrogen-bond donors (Lipinski definition) is 1. The molecule has 0 radical (unpaired) electrons. The van der Waals surface area contributed by atoms with Gasteiger partial charge in [-0.2, -0.15) is 17.7 Å². The van der Waals surface area contributed by atoms with Gasteiger partial charge in [0.15, 0.2) is 5.65 Å². The molecule has 0 saturated carbocycles. The molecule has 0 aliphatic carbocycles. The largest absolute Gasteiger partial charge is 0.416 e. The molecular formula is C11H7F3N4O. The third-order valence-corrected chi connectivity index (χ3v) is 2.73. The van der Waals surface area contributed by atoms with Crippen molar-refractivity contribution in [1.29, 1.82) is 0 Å². The SMILES string of the molecule is Cc1nc2c3cc(C(F)(F)F)ccc3[nH]c(=O)n2n1. The van der Waals surface area contributed by atoms with Crippen LogP contribution in [0.5, 0.6) is 0 Å². The maximum atomic E-state index is 12.7. The van der Waals surface area contributed by atoms with Gasteiger partial charge in [0, 0.05) is 5.39 Å². The molecule has 98 valence electrons. The maximum Gasteiger partial charge on any atom is 0.416 e. The topological polar surface area (TPSA) is 63.0 Å². The van der Waals surface area contributed by atoms with Crippen molar-refractivity contribution in [1.82, 2.24) is 19.6 Å². The van der Waals surface area contributed by atoms with E-state index >= 15 is 0 Å². The van der Waals surface area contributed by atoms with E-state index in [4.69, 9.17) is 0 Å². The van der Waals surface area contributed by atoms with Gasteiger partial charge in [-0.05, 0) is 25.1 Å². The summed E-state index contributed by atoms with van der Waals surface area (Å²) in [5.41, 5.74) is -0.933. The average molecular weight is 268 g/mol. The van der Waals surface area contributed by atoms with Crippen LogP contribution in [0.25, 0.3) is 16.6 Å². The van der Waals surface area contributed by atoms with Gasteiger partial charge < -0.3 is 4.98 Å². The van der Waals surface area contributed by atoms with Crippen LogP contribution in [0.15, 0.2) is 23.0 Å². The average Bonchev–Trinajstić information content (AvgIpc) is 2.70. The van der Waals surface area contributed by atoms with Crippen molar-refractivity contribution in [2.75, 3.05) is 0 Å². The van der Waals surface area contributed by atoms with Crippen LogP contribution in [0.1, 0.15) is 11.4 Å². The predicted octanol–water partition coefficient (Wildman–Crippen LogP) is 1.90. The lowest BCUT2D eigenvalue weighted by Crippen LogP contribution is -2.17. The van der Waals surface area contributed by atoms with E-state index in [-0.39, 0.29) is 16.6 Å². The molecule has 5 nitrogen and oxygen atoms in total. The van der Waals surface area contributed by atoms with Gasteiger partial charge in [-0.25, -0.2) is 9.78 Å². The minimum absolute atomic E-state index is 0.113. The fourth-order valence-corrected chi connectivity index (χ4v) is 1.91. The maximum absolute atomic E-state index is 12.7. The van der Waals surface area contributed by atoms with Crippen molar-refractivity contribution in [3.05, 3.63) is 40.1 Å². The van der Waals surface area contributed by atoms with Gasteiger partial charge in [0.1, 0.15) is 5.82 Å². The van der Waals surface area contributed by atoms with Crippen molar-refractivity contribution < 1.29 is 13.2 Å². The van der Waals surface area contributed by atoms with Gasteiger partial charge in [-0.1, -0.05) is 0 Å². The Kier molecular flexibility index (Phi) is 2.19. The van der Waals surface area contributed by atoms with Crippen LogP contribution in [0.4, 0.5) is 13.2 Å². The molecule has 3 rings (SSSR count). The first-order valence-corrected chi connectivity index (χ1v) is 5.33. The lowest BCUT2D eigenvalue weighted by Gasteiger charge is -2.07. The molecule has 2 heterocycles. The van der Waals surface area contributed by atoms with Crippen LogP contribution >= 0.6 is 0 Å². The Bertz CT molecular complexity index is 847. The zero-order valence-electron chi connectivity index (χ0n) is 9.62. The molecule has 0 fully saturated rings. The van der Waals surface area contributed by atoms with Crippen molar-refractivity contribution in [2.45, 2.75) is 13.1 Å². The van der Waals surface area contributed by atoms with Crippen molar-refractivity contribution in [2.24, 2.45) is 0 Å². The molecule has 0 bridgehead atoms. The summed E-state index contributed by atoms with van der Waals surface area (Å²) >= 11 is 0. The summed E-state index contributed by atoms with van der Waals surface area (Å²) in [4.78, 5) is 18.1. The first kappa shape index (κ1) is 11.7. The normalized spacial score (nSPS) is 12.4. The van der Waals surface area contributed by atoms with Gasteiger partial charge in [-0.15, -0.1) is 5.10 Å². The summed E-state index contributed by atoms with van der Waals surface area (Å²) in [5, 5.41) is 4.04. The van der Waals surface area contributed by atoms with Gasteiger partial charge in [0.2, 0.25) is 0 Å². The molecule has 3 aromatic rings. The minimum atomic E-state index is -4.45. The van der Waals surface area contributed by atoms with Crippen LogP contribution in [-0.2, 0) is 6.18 Å². The highest BCUT2D eigenvalue weighted by Gasteiger charge is 2.30. The summed E-state index contributed by atoms with van der Waals surface area (Å²) in [6.45, 7) is 1.56. The quantitative estimate of drug-likeness (QED) is 0.677. The molecular weight excluding hydrogens is 261 g/mol. The highest BCUT2D eigenvalue weighted by Crippen LogP contribution is 2.31. The Labute approximate surface area is 103 Å². The zero-order chi connectivity index (χ0) is 13.8. The van der Waals surface area contributed by atoms with Crippen molar-refractivity contribution in [3.8, 4) is 0 Å². The number of benzene rings is 1. The van der Waals surface area contributed by atoms with Crippen molar-refractivity contribution in [3.63, 3.8) is 0 Å². The second-order valence-corrected chi connectivity index (χ2v) is 4.08. The standard InChI is InChI=1S/C11H7F3N4O/c1-5-15-9-7-4-6(11(12,13)14)2-3-8(7)16-10(19)18(9)17-5/h2-4H,1H3,(H,16,19). The van der Waals surface area contributed by atoms with E-state index in [1.807, 2.05) is 0 Å². The Balaban J connectivity index is 2.47. The lowest BCUT2D eigenvalue weighted by atomic mass is 10.1. The van der Waals surface area contributed by atoms with E-state index < -0.39 is 17.4 Å². The predicted molar refractivity (Wildman–Crippen MR) is 60.9 cm³/mol. The molecule has 0 atom stereocenters. The third kappa shape index (κ3) is 1.76. The number of hydrogen-bond acceptors (Lipinski definition) is 3. The Morgan fingerprint density at radius 2 is 2.05 bits per heavy atom. The molecule has 0 spiro atoms. The van der Waals surface area contributed by atoms with E-state index in [0.717, 1.165) is 16.6 Å². The van der Waals surface area contributed by atoms with E-state index in [9.17, 15) is 18.0 Å². The van der Waals surface area contributed by atoms with Crippen LogP contribution in [0.3, 0.4) is 0 Å². The minimum Gasteiger partial charge on any atom is -0.305 e. The molecule has 0 unspecified atom stereocenters. The lowest BCUT2D eigenvalue weighted by molar-refractivity contribution is -0.137. The highest BCUT2D eigenvalue weighted by molar-refractivity contribution is 5.91. The van der Waals surface area contributed by atoms with E-state index in [0.29, 0.717) is 5.82 Å². The van der Waals surface area contributed by atoms with Gasteiger partial charge in [0.05, 0.1) is 11.1 Å². The first-order chi connectivity index (χ1) is 8.86. The molecule has 0 saturated heterocycles. The highest BCUT2D eigenvalue weighted by atomic mass is 19.4. The van der Waals surface area contributed by atoms with Crippen LogP contribution in [0.2, 0.25) is 0 Å². The number of aryl methyl sites for hydroxylation is 1. The van der Waals surface area contributed by atoms with Crippen LogP contribution in [-0.4, -0.2) is 19.6 Å². The molecule has 1 aromatic carbocycles. The Hall–Kier alpha value is -2.38. The first-order valence-electron chi connectivity index (χ1n) is 5.33. The smallest absolute Gasteiger partial charge is 0.305 e. The fraction of sp³-hybridized carbons (Fsp3) is 0.182. The molecule has 8 heteroatoms. The third-order valence-electron chi connectivity index (χ3n) is 2.73. The summed E-state index contributed by atoms with van der Waals surface area (Å²) < 4.78 is 39.0. The number of rotatable bonds is 0. The summed E-state index contributed by atoms with van der Waals surface area (Å²) in [7, 11) is 0. The fourth-order valence-electron chi connectivity index (χ4n) is 1.91. The van der Waals surface area contributed by atoms with Crippen molar-refractivity contribution >= 4 is 16.6 Å². The number of aromatic amines is 1. The van der Waals surface area contributed by atoms with E-state index in [1.54, 1.807) is 6.92 Å². The molecule has 0 aliphatic rings. The van der Waals surface area contributed by atoms with Crippen LogP contribution < -0.4 is 5.69 Å². The molecule has 2 aromatic heterocycles. The van der Waals surface area contributed by atoms with Gasteiger partial charge in [-0.3, -0.25) is 0 Å². The molecule has 0 amide bonds. The van der Waals surface area contributed by atoms with Gasteiger partial charge >= 0.3 is 11.9 Å². The number of fused-ring (bicyclic) bond motifs is 3. The zero-order valence-corrected chi connectivity index (χ0v) is 9.62. The summed E-state index contributed by atoms with van der Waals surface area (Å²) in [6.07, 6.45) is -4.45. The molecule has 19 heavy (non-hydrogen) atoms. The monoisotopic (exact) mass is 268 g/mol. The number of nitrogens with zero attached hydrogens (tertiary/aromatic N) is 3. The number of nitrogens with one attached hydrogen (secondary N) is 1. The Morgan fingerprint density at radius 3 is 2.74 bits per heavy atom. The number of H-pyrrole nitrogens is 1. The second-order valence-electron chi connectivity index (χ2n) is 4.08. The molecule has 0 aliphatic heterocycles. The number of halogens is 3.